The summed E-state index contributed by atoms with van der Waals surface area (Å²) >= 11 is 12.0. The molecule has 0 radical (unpaired) electrons. The van der Waals surface area contributed by atoms with Crippen LogP contribution in [0.1, 0.15) is 43.0 Å². The number of nitrogens with one attached hydrogen (secondary N) is 1. The highest BCUT2D eigenvalue weighted by Gasteiger charge is 2.25. The van der Waals surface area contributed by atoms with Gasteiger partial charge in [0.15, 0.2) is 0 Å². The minimum atomic E-state index is 0.180. The maximum absolute atomic E-state index is 12.5. The Kier molecular flexibility index (Phi) is 6.49. The van der Waals surface area contributed by atoms with Gasteiger partial charge in [-0.05, 0) is 62.1 Å². The summed E-state index contributed by atoms with van der Waals surface area (Å²) < 4.78 is 5.67. The van der Waals surface area contributed by atoms with Gasteiger partial charge in [-0.15, -0.1) is 0 Å². The number of ether oxygens (including phenoxy) is 1. The van der Waals surface area contributed by atoms with Gasteiger partial charge in [0.1, 0.15) is 11.6 Å². The third-order valence-electron chi connectivity index (χ3n) is 5.58. The number of rotatable bonds is 6. The number of aromatic nitrogens is 2. The lowest BCUT2D eigenvalue weighted by molar-refractivity contribution is -0.132. The molecule has 0 unspecified atom stereocenters. The summed E-state index contributed by atoms with van der Waals surface area (Å²) in [6.45, 7) is 4.06. The van der Waals surface area contributed by atoms with Crippen LogP contribution in [0.3, 0.4) is 0 Å². The van der Waals surface area contributed by atoms with E-state index in [9.17, 15) is 4.79 Å². The van der Waals surface area contributed by atoms with Gasteiger partial charge < -0.3 is 14.6 Å². The smallest absolute Gasteiger partial charge is 0.222 e. The van der Waals surface area contributed by atoms with Crippen molar-refractivity contribution < 1.29 is 9.53 Å². The first-order valence-electron chi connectivity index (χ1n) is 10.3. The molecule has 30 heavy (non-hydrogen) atoms. The van der Waals surface area contributed by atoms with E-state index in [1.807, 2.05) is 4.90 Å². The summed E-state index contributed by atoms with van der Waals surface area (Å²) in [6, 6.07) is 11.4. The number of carbonyl (C=O) groups excluding carboxylic acids is 1. The van der Waals surface area contributed by atoms with E-state index in [1.54, 1.807) is 18.2 Å². The average Bonchev–Trinajstić information content (AvgIpc) is 3.15. The van der Waals surface area contributed by atoms with Crippen molar-refractivity contribution in [3.8, 4) is 5.75 Å². The molecule has 3 aromatic rings. The number of carbonyl (C=O) groups is 1. The highest BCUT2D eigenvalue weighted by atomic mass is 35.5. The highest BCUT2D eigenvalue weighted by Crippen LogP contribution is 2.29. The van der Waals surface area contributed by atoms with Crippen LogP contribution in [0, 0.1) is 6.92 Å². The van der Waals surface area contributed by atoms with E-state index < -0.39 is 0 Å². The fourth-order valence-electron chi connectivity index (χ4n) is 3.89. The fraction of sp³-hybridized carbons (Fsp3) is 0.391. The molecule has 1 aliphatic heterocycles. The number of aryl methyl sites for hydroxylation is 1. The topological polar surface area (TPSA) is 58.2 Å². The van der Waals surface area contributed by atoms with E-state index in [4.69, 9.17) is 32.9 Å². The molecule has 1 N–H and O–H groups in total. The van der Waals surface area contributed by atoms with E-state index in [1.165, 1.54) is 5.56 Å². The molecular formula is C23H25Cl2N3O2. The van der Waals surface area contributed by atoms with Crippen LogP contribution in [0.5, 0.6) is 5.75 Å². The van der Waals surface area contributed by atoms with E-state index >= 15 is 0 Å². The lowest BCUT2D eigenvalue weighted by Gasteiger charge is -2.31. The number of benzene rings is 2. The number of hydrogen-bond donors (Lipinski definition) is 1. The Hall–Kier alpha value is -2.24. The van der Waals surface area contributed by atoms with Gasteiger partial charge in [-0.1, -0.05) is 29.3 Å². The number of amides is 1. The first-order chi connectivity index (χ1) is 14.5. The van der Waals surface area contributed by atoms with Gasteiger partial charge in [0, 0.05) is 30.5 Å². The van der Waals surface area contributed by atoms with Crippen molar-refractivity contribution in [3.63, 3.8) is 0 Å². The number of H-pyrrole nitrogens is 1. The second-order valence-corrected chi connectivity index (χ2v) is 8.67. The SMILES string of the molecule is Cc1ccc2nc(C3CCN(C(=O)CCCOc4ccc(Cl)cc4Cl)CC3)[nH]c2c1. The molecule has 158 valence electrons. The molecule has 4 rings (SSSR count). The van der Waals surface area contributed by atoms with Crippen LogP contribution in [0.25, 0.3) is 11.0 Å². The second-order valence-electron chi connectivity index (χ2n) is 7.82. The molecule has 1 saturated heterocycles. The molecule has 0 aliphatic carbocycles. The first kappa shape index (κ1) is 21.0. The van der Waals surface area contributed by atoms with Gasteiger partial charge in [0.25, 0.3) is 0 Å². The van der Waals surface area contributed by atoms with Gasteiger partial charge >= 0.3 is 0 Å². The summed E-state index contributed by atoms with van der Waals surface area (Å²) in [5, 5.41) is 1.06. The molecule has 0 saturated carbocycles. The van der Waals surface area contributed by atoms with Gasteiger partial charge in [0.05, 0.1) is 22.7 Å². The molecule has 2 heterocycles. The molecule has 1 amide bonds. The molecule has 7 heteroatoms. The molecule has 1 fully saturated rings. The van der Waals surface area contributed by atoms with Crippen LogP contribution >= 0.6 is 23.2 Å². The third-order valence-corrected chi connectivity index (χ3v) is 6.11. The Labute approximate surface area is 186 Å². The van der Waals surface area contributed by atoms with Crippen molar-refractivity contribution in [1.82, 2.24) is 14.9 Å². The van der Waals surface area contributed by atoms with Crippen molar-refractivity contribution in [1.29, 1.82) is 0 Å². The standard InChI is InChI=1S/C23H25Cl2N3O2/c1-15-4-6-19-20(13-15)27-23(26-19)16-8-10-28(11-9-16)22(29)3-2-12-30-21-7-5-17(24)14-18(21)25/h4-7,13-14,16H,2-3,8-12H2,1H3,(H,26,27). The second kappa shape index (κ2) is 9.27. The minimum absolute atomic E-state index is 0.180. The van der Waals surface area contributed by atoms with E-state index in [2.05, 4.69) is 30.1 Å². The summed E-state index contributed by atoms with van der Waals surface area (Å²) in [6.07, 6.45) is 2.99. The van der Waals surface area contributed by atoms with Gasteiger partial charge in [-0.25, -0.2) is 4.98 Å². The number of halogens is 2. The van der Waals surface area contributed by atoms with E-state index in [0.29, 0.717) is 41.2 Å². The molecule has 0 bridgehead atoms. The zero-order chi connectivity index (χ0) is 21.1. The molecule has 0 spiro atoms. The first-order valence-corrected chi connectivity index (χ1v) is 11.1. The number of nitrogens with zero attached hydrogens (tertiary/aromatic N) is 2. The largest absolute Gasteiger partial charge is 0.492 e. The van der Waals surface area contributed by atoms with Gasteiger partial charge in [0.2, 0.25) is 5.91 Å². The van der Waals surface area contributed by atoms with Gasteiger partial charge in [-0.2, -0.15) is 0 Å². The minimum Gasteiger partial charge on any atom is -0.492 e. The van der Waals surface area contributed by atoms with Crippen LogP contribution in [-0.4, -0.2) is 40.5 Å². The number of likely N-dealkylation sites (tertiary alicyclic amines) is 1. The fourth-order valence-corrected chi connectivity index (χ4v) is 4.36. The zero-order valence-corrected chi connectivity index (χ0v) is 18.5. The molecule has 1 aromatic heterocycles. The zero-order valence-electron chi connectivity index (χ0n) is 17.0. The van der Waals surface area contributed by atoms with Crippen molar-refractivity contribution in [3.05, 3.63) is 57.8 Å². The average molecular weight is 446 g/mol. The Morgan fingerprint density at radius 3 is 2.77 bits per heavy atom. The van der Waals surface area contributed by atoms with Crippen molar-refractivity contribution in [2.75, 3.05) is 19.7 Å². The van der Waals surface area contributed by atoms with E-state index in [-0.39, 0.29) is 5.91 Å². The van der Waals surface area contributed by atoms with Crippen LogP contribution < -0.4 is 4.74 Å². The lowest BCUT2D eigenvalue weighted by atomic mass is 9.96. The van der Waals surface area contributed by atoms with E-state index in [0.717, 1.165) is 42.8 Å². The molecular weight excluding hydrogens is 421 g/mol. The van der Waals surface area contributed by atoms with Crippen molar-refractivity contribution >= 4 is 40.1 Å². The number of aromatic amines is 1. The van der Waals surface area contributed by atoms with Gasteiger partial charge in [-0.3, -0.25) is 4.79 Å². The quantitative estimate of drug-likeness (QED) is 0.491. The third kappa shape index (κ3) is 4.90. The predicted octanol–water partition coefficient (Wildman–Crippen LogP) is 5.74. The maximum atomic E-state index is 12.5. The summed E-state index contributed by atoms with van der Waals surface area (Å²) in [5.74, 6) is 2.18. The molecule has 5 nitrogen and oxygen atoms in total. The van der Waals surface area contributed by atoms with Crippen molar-refractivity contribution in [2.45, 2.75) is 38.5 Å². The number of fused-ring (bicyclic) bond motifs is 1. The van der Waals surface area contributed by atoms with Crippen molar-refractivity contribution in [2.24, 2.45) is 0 Å². The summed E-state index contributed by atoms with van der Waals surface area (Å²) in [7, 11) is 0. The number of piperidine rings is 1. The summed E-state index contributed by atoms with van der Waals surface area (Å²) in [4.78, 5) is 22.7. The Bertz CT molecular complexity index is 1040. The number of imidazole rings is 1. The van der Waals surface area contributed by atoms with Crippen LogP contribution in [0.15, 0.2) is 36.4 Å². The highest BCUT2D eigenvalue weighted by molar-refractivity contribution is 6.35. The maximum Gasteiger partial charge on any atom is 0.222 e. The normalized spacial score (nSPS) is 15.0. The van der Waals surface area contributed by atoms with Crippen LogP contribution in [0.4, 0.5) is 0 Å². The summed E-state index contributed by atoms with van der Waals surface area (Å²) in [5.41, 5.74) is 3.32. The number of hydrogen-bond acceptors (Lipinski definition) is 3. The van der Waals surface area contributed by atoms with Crippen LogP contribution in [0.2, 0.25) is 10.0 Å². The molecule has 1 aliphatic rings. The predicted molar refractivity (Wildman–Crippen MR) is 121 cm³/mol. The Balaban J connectivity index is 1.23. The lowest BCUT2D eigenvalue weighted by Crippen LogP contribution is -2.38. The molecule has 2 aromatic carbocycles. The monoisotopic (exact) mass is 445 g/mol. The Morgan fingerprint density at radius 1 is 1.20 bits per heavy atom. The Morgan fingerprint density at radius 2 is 2.00 bits per heavy atom. The molecule has 0 atom stereocenters. The van der Waals surface area contributed by atoms with Crippen LogP contribution in [-0.2, 0) is 4.79 Å².